The number of esters is 2. The quantitative estimate of drug-likeness (QED) is 0.191. The Bertz CT molecular complexity index is 1160. The van der Waals surface area contributed by atoms with E-state index >= 15 is 0 Å². The molecule has 0 saturated heterocycles. The van der Waals surface area contributed by atoms with Crippen LogP contribution in [-0.2, 0) is 38.7 Å². The van der Waals surface area contributed by atoms with Crippen LogP contribution in [0.1, 0.15) is 56.2 Å². The summed E-state index contributed by atoms with van der Waals surface area (Å²) in [6.45, 7) is 4.27. The molecule has 1 amide bonds. The fourth-order valence-electron chi connectivity index (χ4n) is 4.14. The van der Waals surface area contributed by atoms with Gasteiger partial charge in [-0.2, -0.15) is 0 Å². The van der Waals surface area contributed by atoms with Crippen molar-refractivity contribution in [2.45, 2.75) is 65.2 Å². The molecular weight excluding hydrogens is 494 g/mol. The predicted octanol–water partition coefficient (Wildman–Crippen LogP) is 6.39. The minimum atomic E-state index is -0.969. The highest BCUT2D eigenvalue weighted by Crippen LogP contribution is 2.20. The molecule has 0 spiro atoms. The minimum Gasteiger partial charge on any atom is -0.459 e. The van der Waals surface area contributed by atoms with Crippen molar-refractivity contribution in [3.8, 4) is 5.75 Å². The van der Waals surface area contributed by atoms with Gasteiger partial charge in [0.2, 0.25) is 0 Å². The highest BCUT2D eigenvalue weighted by atomic mass is 16.6. The van der Waals surface area contributed by atoms with E-state index in [-0.39, 0.29) is 31.5 Å². The van der Waals surface area contributed by atoms with Gasteiger partial charge in [0.05, 0.1) is 5.92 Å². The van der Waals surface area contributed by atoms with Crippen LogP contribution in [0.15, 0.2) is 84.9 Å². The molecule has 0 bridgehead atoms. The topological polar surface area (TPSA) is 90.9 Å². The second-order valence-corrected chi connectivity index (χ2v) is 9.40. The van der Waals surface area contributed by atoms with E-state index in [1.54, 1.807) is 24.3 Å². The van der Waals surface area contributed by atoms with Crippen LogP contribution in [0.2, 0.25) is 0 Å². The van der Waals surface area contributed by atoms with Crippen LogP contribution in [-0.4, -0.2) is 24.1 Å². The average Bonchev–Trinajstić information content (AvgIpc) is 2.96. The van der Waals surface area contributed by atoms with Gasteiger partial charge in [-0.1, -0.05) is 99.5 Å². The lowest BCUT2D eigenvalue weighted by Gasteiger charge is -2.18. The van der Waals surface area contributed by atoms with Gasteiger partial charge >= 0.3 is 18.0 Å². The highest BCUT2D eigenvalue weighted by Gasteiger charge is 2.24. The molecule has 1 N–H and O–H groups in total. The molecule has 0 aliphatic rings. The first-order valence-electron chi connectivity index (χ1n) is 13.5. The summed E-state index contributed by atoms with van der Waals surface area (Å²) in [5.74, 6) is -0.474. The fraction of sp³-hybridized carbons (Fsp3) is 0.344. The number of carbonyl (C=O) groups is 3. The summed E-state index contributed by atoms with van der Waals surface area (Å²) in [5, 5.41) is 2.64. The molecule has 0 unspecified atom stereocenters. The Morgan fingerprint density at radius 3 is 1.74 bits per heavy atom. The Balaban J connectivity index is 1.64. The smallest absolute Gasteiger partial charge is 0.408 e. The van der Waals surface area contributed by atoms with E-state index in [0.29, 0.717) is 5.75 Å². The zero-order valence-electron chi connectivity index (χ0n) is 22.6. The molecule has 206 valence electrons. The van der Waals surface area contributed by atoms with Crippen LogP contribution < -0.4 is 10.1 Å². The van der Waals surface area contributed by atoms with E-state index in [9.17, 15) is 14.4 Å². The number of hydrogen-bond donors (Lipinski definition) is 1. The Hall–Kier alpha value is -4.13. The molecule has 3 aromatic rings. The zero-order chi connectivity index (χ0) is 27.9. The van der Waals surface area contributed by atoms with Gasteiger partial charge in [0.1, 0.15) is 25.0 Å². The summed E-state index contributed by atoms with van der Waals surface area (Å²) in [4.78, 5) is 38.1. The molecule has 0 fully saturated rings. The lowest BCUT2D eigenvalue weighted by molar-refractivity contribution is -0.147. The Labute approximate surface area is 230 Å². The molecule has 0 aliphatic carbocycles. The third-order valence-electron chi connectivity index (χ3n) is 6.20. The number of carbonyl (C=O) groups excluding carboxylic acids is 3. The molecule has 1 atom stereocenters. The van der Waals surface area contributed by atoms with Crippen LogP contribution in [0.4, 0.5) is 4.79 Å². The summed E-state index contributed by atoms with van der Waals surface area (Å²) in [6, 6.07) is 24.6. The first-order chi connectivity index (χ1) is 19.0. The molecule has 0 aromatic heterocycles. The number of rotatable bonds is 14. The van der Waals surface area contributed by atoms with Crippen molar-refractivity contribution < 1.29 is 28.6 Å². The van der Waals surface area contributed by atoms with Gasteiger partial charge in [0.25, 0.3) is 0 Å². The Morgan fingerprint density at radius 1 is 0.667 bits per heavy atom. The average molecular weight is 532 g/mol. The molecule has 0 saturated carbocycles. The van der Waals surface area contributed by atoms with Gasteiger partial charge in [-0.05, 0) is 41.7 Å². The first kappa shape index (κ1) is 29.4. The summed E-state index contributed by atoms with van der Waals surface area (Å²) in [6.07, 6.45) is 2.88. The third-order valence-corrected chi connectivity index (χ3v) is 6.20. The summed E-state index contributed by atoms with van der Waals surface area (Å²) >= 11 is 0. The Morgan fingerprint density at radius 2 is 1.21 bits per heavy atom. The molecule has 7 nitrogen and oxygen atoms in total. The van der Waals surface area contributed by atoms with Gasteiger partial charge in [-0.15, -0.1) is 0 Å². The molecule has 3 aromatic carbocycles. The first-order valence-corrected chi connectivity index (χ1v) is 13.5. The van der Waals surface area contributed by atoms with Gasteiger partial charge in [-0.25, -0.2) is 9.59 Å². The van der Waals surface area contributed by atoms with Crippen LogP contribution >= 0.6 is 0 Å². The molecule has 3 rings (SSSR count). The maximum absolute atomic E-state index is 13.0. The lowest BCUT2D eigenvalue weighted by atomic mass is 9.98. The molecule has 0 aliphatic heterocycles. The van der Waals surface area contributed by atoms with Crippen molar-refractivity contribution in [2.24, 2.45) is 5.92 Å². The minimum absolute atomic E-state index is 0.0789. The lowest BCUT2D eigenvalue weighted by Crippen LogP contribution is -2.43. The summed E-state index contributed by atoms with van der Waals surface area (Å²) in [5.41, 5.74) is 2.44. The molecule has 39 heavy (non-hydrogen) atoms. The van der Waals surface area contributed by atoms with Crippen molar-refractivity contribution >= 4 is 18.0 Å². The number of alkyl carbamates (subject to hydrolysis) is 1. The number of ether oxygens (including phenoxy) is 3. The second-order valence-electron chi connectivity index (χ2n) is 9.40. The number of hydrogen-bond acceptors (Lipinski definition) is 6. The summed E-state index contributed by atoms with van der Waals surface area (Å²) in [7, 11) is 0. The standard InChI is InChI=1S/C32H37NO6/c1-3-11-27(12-4-2)30(34)39-28-19-17-24(18-20-28)21-29(31(35)37-22-25-13-7-5-8-14-25)33-32(36)38-23-26-15-9-6-10-16-26/h5-10,13-20,27,29H,3-4,11-12,21-23H2,1-2H3,(H,33,36)/t29-/m0/s1. The normalized spacial score (nSPS) is 11.5. The predicted molar refractivity (Wildman–Crippen MR) is 149 cm³/mol. The number of nitrogens with one attached hydrogen (secondary N) is 1. The van der Waals surface area contributed by atoms with Gasteiger partial charge in [0, 0.05) is 6.42 Å². The largest absolute Gasteiger partial charge is 0.459 e. The van der Waals surface area contributed by atoms with Crippen LogP contribution in [0.5, 0.6) is 5.75 Å². The molecule has 0 radical (unpaired) electrons. The van der Waals surface area contributed by atoms with E-state index in [0.717, 1.165) is 42.4 Å². The van der Waals surface area contributed by atoms with E-state index in [1.165, 1.54) is 0 Å². The van der Waals surface area contributed by atoms with E-state index in [2.05, 4.69) is 19.2 Å². The molecule has 7 heteroatoms. The SMILES string of the molecule is CCCC(CCC)C(=O)Oc1ccc(C[C@H](NC(=O)OCc2ccccc2)C(=O)OCc2ccccc2)cc1. The van der Waals surface area contributed by atoms with E-state index in [4.69, 9.17) is 14.2 Å². The number of amides is 1. The molecule has 0 heterocycles. The fourth-order valence-corrected chi connectivity index (χ4v) is 4.14. The van der Waals surface area contributed by atoms with Gasteiger partial charge < -0.3 is 19.5 Å². The molecular formula is C32H37NO6. The van der Waals surface area contributed by atoms with Gasteiger partial charge in [-0.3, -0.25) is 4.79 Å². The van der Waals surface area contributed by atoms with E-state index < -0.39 is 18.1 Å². The summed E-state index contributed by atoms with van der Waals surface area (Å²) < 4.78 is 16.4. The van der Waals surface area contributed by atoms with Crippen molar-refractivity contribution in [3.63, 3.8) is 0 Å². The van der Waals surface area contributed by atoms with Crippen molar-refractivity contribution in [2.75, 3.05) is 0 Å². The van der Waals surface area contributed by atoms with Crippen molar-refractivity contribution in [3.05, 3.63) is 102 Å². The van der Waals surface area contributed by atoms with Crippen LogP contribution in [0.25, 0.3) is 0 Å². The van der Waals surface area contributed by atoms with Crippen molar-refractivity contribution in [1.82, 2.24) is 5.32 Å². The van der Waals surface area contributed by atoms with Gasteiger partial charge in [0.15, 0.2) is 0 Å². The maximum atomic E-state index is 13.0. The zero-order valence-corrected chi connectivity index (χ0v) is 22.6. The Kier molecular flexibility index (Phi) is 12.0. The van der Waals surface area contributed by atoms with Crippen molar-refractivity contribution in [1.29, 1.82) is 0 Å². The number of benzene rings is 3. The maximum Gasteiger partial charge on any atom is 0.408 e. The second kappa shape index (κ2) is 16.0. The van der Waals surface area contributed by atoms with Crippen LogP contribution in [0.3, 0.4) is 0 Å². The monoisotopic (exact) mass is 531 g/mol. The van der Waals surface area contributed by atoms with E-state index in [1.807, 2.05) is 60.7 Å². The third kappa shape index (κ3) is 10.3. The highest BCUT2D eigenvalue weighted by molar-refractivity contribution is 5.81. The van der Waals surface area contributed by atoms with Crippen LogP contribution in [0, 0.1) is 5.92 Å².